The maximum absolute atomic E-state index is 15.2. The summed E-state index contributed by atoms with van der Waals surface area (Å²) >= 11 is 0. The van der Waals surface area contributed by atoms with Crippen molar-refractivity contribution in [3.8, 4) is 5.75 Å². The van der Waals surface area contributed by atoms with Gasteiger partial charge in [-0.1, -0.05) is 104 Å². The molecular weight excluding hydrogens is 889 g/mol. The Bertz CT molecular complexity index is 2790. The molecule has 0 spiro atoms. The van der Waals surface area contributed by atoms with Gasteiger partial charge in [-0.2, -0.15) is 0 Å². The number of ether oxygens (including phenoxy) is 4. The minimum absolute atomic E-state index is 0.00128. The summed E-state index contributed by atoms with van der Waals surface area (Å²) in [6.45, 7) is 1.58. The van der Waals surface area contributed by atoms with E-state index in [1.54, 1.807) is 19.1 Å². The van der Waals surface area contributed by atoms with Crippen LogP contribution < -0.4 is 10.4 Å². The summed E-state index contributed by atoms with van der Waals surface area (Å²) in [5.74, 6) is -2.12. The molecule has 368 valence electrons. The van der Waals surface area contributed by atoms with Crippen LogP contribution in [-0.2, 0) is 43.2 Å². The van der Waals surface area contributed by atoms with Gasteiger partial charge in [0.25, 0.3) is 0 Å². The van der Waals surface area contributed by atoms with Crippen molar-refractivity contribution >= 4 is 22.9 Å². The van der Waals surface area contributed by atoms with Crippen LogP contribution in [0.25, 0.3) is 11.0 Å². The number of benzene rings is 4. The quantitative estimate of drug-likeness (QED) is 0.0307. The van der Waals surface area contributed by atoms with Crippen LogP contribution >= 0.6 is 0 Å². The second kappa shape index (κ2) is 21.6. The lowest BCUT2D eigenvalue weighted by atomic mass is 9.72. The van der Waals surface area contributed by atoms with E-state index in [0.717, 1.165) is 48.8 Å². The number of aryl methyl sites for hydroxylation is 1. The number of hydrogen-bond donors (Lipinski definition) is 4. The number of esters is 2. The van der Waals surface area contributed by atoms with Crippen LogP contribution in [0.5, 0.6) is 5.75 Å². The lowest BCUT2D eigenvalue weighted by molar-refractivity contribution is -0.199. The molecular formula is C58H64O12. The molecule has 10 rings (SSSR count). The number of carbonyl (C=O) groups excluding carboxylic acids is 2. The van der Waals surface area contributed by atoms with Gasteiger partial charge in [0.1, 0.15) is 23.7 Å². The van der Waals surface area contributed by atoms with E-state index in [1.807, 2.05) is 25.1 Å². The zero-order chi connectivity index (χ0) is 48.9. The Hall–Kier alpha value is -5.89. The van der Waals surface area contributed by atoms with E-state index in [1.165, 1.54) is 11.1 Å². The third-order valence-electron chi connectivity index (χ3n) is 15.5. The molecule has 12 nitrogen and oxygen atoms in total. The van der Waals surface area contributed by atoms with Gasteiger partial charge in [0.05, 0.1) is 25.4 Å². The fourth-order valence-corrected chi connectivity index (χ4v) is 11.7. The van der Waals surface area contributed by atoms with Crippen LogP contribution in [0.3, 0.4) is 0 Å². The number of fused-ring (bicyclic) bond motifs is 11. The highest BCUT2D eigenvalue weighted by Gasteiger charge is 2.57. The standard InChI is InChI=1S/C58H64O12/c1-35(31-60)45-21-17-36-15-18-39(19-16-36)46-22-20-41(40-12-8-11-38(28-40)27-37-9-4-3-5-10-37)29-43(46)30-50(63)67-54-52-49(70-58(2,44-13-6-7-14-44)55(54)69-56(45)64)24-23-47-48(32-61)51(57(65)68-53(47)52)42(25-26-59)33-66-34-62/h3-5,8-12,15-16,18-20,22-24,28,41-44,46,54-55,59-62H,6-7,13-14,17,21,25-27,29-34H2,1-2H3/b45-35-/t41-,42-,43-,46+,54-,55+,58+/m1/s1. The molecule has 0 unspecified atom stereocenters. The van der Waals surface area contributed by atoms with Crippen LogP contribution in [0, 0.1) is 11.8 Å². The summed E-state index contributed by atoms with van der Waals surface area (Å²) in [6, 6.07) is 30.7. The van der Waals surface area contributed by atoms with E-state index in [4.69, 9.17) is 23.4 Å². The van der Waals surface area contributed by atoms with Gasteiger partial charge in [-0.05, 0) is 116 Å². The minimum atomic E-state index is -1.34. The minimum Gasteiger partial charge on any atom is -0.483 e. The van der Waals surface area contributed by atoms with Gasteiger partial charge in [-0.15, -0.1) is 0 Å². The molecule has 2 bridgehead atoms. The molecule has 0 saturated heterocycles. The van der Waals surface area contributed by atoms with E-state index in [9.17, 15) is 30.0 Å². The van der Waals surface area contributed by atoms with E-state index in [2.05, 4.69) is 72.8 Å². The van der Waals surface area contributed by atoms with Gasteiger partial charge in [-0.25, -0.2) is 9.59 Å². The molecule has 2 aliphatic carbocycles. The molecule has 0 radical (unpaired) electrons. The molecule has 1 saturated carbocycles. The molecule has 12 heteroatoms. The predicted molar refractivity (Wildman–Crippen MR) is 263 cm³/mol. The van der Waals surface area contributed by atoms with Gasteiger partial charge < -0.3 is 43.8 Å². The summed E-state index contributed by atoms with van der Waals surface area (Å²) in [5.41, 5.74) is 4.83. The maximum atomic E-state index is 15.2. The molecule has 7 atom stereocenters. The monoisotopic (exact) mass is 952 g/mol. The number of hydrogen-bond acceptors (Lipinski definition) is 12. The first-order chi connectivity index (χ1) is 34.0. The van der Waals surface area contributed by atoms with Crippen molar-refractivity contribution in [1.29, 1.82) is 0 Å². The van der Waals surface area contributed by atoms with Gasteiger partial charge in [0.2, 0.25) is 0 Å². The highest BCUT2D eigenvalue weighted by molar-refractivity contribution is 5.90. The third-order valence-corrected chi connectivity index (χ3v) is 15.5. The Morgan fingerprint density at radius 2 is 1.61 bits per heavy atom. The maximum Gasteiger partial charge on any atom is 0.340 e. The van der Waals surface area contributed by atoms with Crippen LogP contribution in [0.2, 0.25) is 0 Å². The first kappa shape index (κ1) is 49.1. The van der Waals surface area contributed by atoms with Crippen LogP contribution in [0.4, 0.5) is 0 Å². The first-order valence-electron chi connectivity index (χ1n) is 24.8. The number of carbonyl (C=O) groups is 2. The van der Waals surface area contributed by atoms with Gasteiger partial charge >= 0.3 is 17.6 Å². The lowest BCUT2D eigenvalue weighted by Crippen LogP contribution is -2.58. The van der Waals surface area contributed by atoms with Crippen molar-refractivity contribution < 1.29 is 53.4 Å². The molecule has 4 heterocycles. The Morgan fingerprint density at radius 1 is 0.843 bits per heavy atom. The number of allylic oxidation sites excluding steroid dienone is 2. The summed E-state index contributed by atoms with van der Waals surface area (Å²) in [5, 5.41) is 41.3. The molecule has 3 aliphatic heterocycles. The molecule has 70 heavy (non-hydrogen) atoms. The highest BCUT2D eigenvalue weighted by Crippen LogP contribution is 2.53. The summed E-state index contributed by atoms with van der Waals surface area (Å²) in [4.78, 5) is 44.3. The Balaban J connectivity index is 1.18. The molecule has 0 amide bonds. The van der Waals surface area contributed by atoms with Crippen molar-refractivity contribution in [2.24, 2.45) is 11.8 Å². The van der Waals surface area contributed by atoms with Crippen molar-refractivity contribution in [3.05, 3.63) is 169 Å². The van der Waals surface area contributed by atoms with Gasteiger partial charge in [0, 0.05) is 53.2 Å². The molecule has 5 aromatic rings. The molecule has 5 aliphatic rings. The average molecular weight is 953 g/mol. The van der Waals surface area contributed by atoms with Crippen LogP contribution in [0.15, 0.2) is 124 Å². The van der Waals surface area contributed by atoms with Crippen molar-refractivity contribution in [2.75, 3.05) is 26.6 Å². The Morgan fingerprint density at radius 3 is 2.34 bits per heavy atom. The fraction of sp³-hybridized carbons (Fsp3) is 0.431. The Labute approximate surface area is 408 Å². The molecule has 1 aromatic heterocycles. The smallest absolute Gasteiger partial charge is 0.340 e. The number of aliphatic hydroxyl groups is 4. The van der Waals surface area contributed by atoms with Crippen molar-refractivity contribution in [1.82, 2.24) is 0 Å². The number of aliphatic hydroxyl groups excluding tert-OH is 4. The average Bonchev–Trinajstić information content (AvgIpc) is 3.93. The lowest BCUT2D eigenvalue weighted by Gasteiger charge is -2.48. The SMILES string of the molecule is C/C(CO)=C1\CCc2ccc(cc2)[C@@H]2C=C[C@@H](c3cccc(Cc4ccccc4)c3)C[C@@H]2CC(=O)O[C@@H]2c3c(ccc4c(CO)c([C@H](CCO)COCO)c(=O)oc34)O[C@@](C)(C3CCCC3)[C@H]2OC1=O. The zero-order valence-corrected chi connectivity index (χ0v) is 40.0. The number of rotatable bonds is 12. The fourth-order valence-electron chi connectivity index (χ4n) is 11.7. The van der Waals surface area contributed by atoms with E-state index in [-0.39, 0.29) is 90.8 Å². The van der Waals surface area contributed by atoms with Crippen molar-refractivity contribution in [2.45, 2.75) is 120 Å². The second-order valence-corrected chi connectivity index (χ2v) is 19.8. The summed E-state index contributed by atoms with van der Waals surface area (Å²) in [7, 11) is 0. The van der Waals surface area contributed by atoms with Crippen LogP contribution in [0.1, 0.15) is 134 Å². The van der Waals surface area contributed by atoms with E-state index >= 15 is 4.79 Å². The zero-order valence-electron chi connectivity index (χ0n) is 40.0. The van der Waals surface area contributed by atoms with Crippen LogP contribution in [-0.4, -0.2) is 70.7 Å². The molecule has 1 fully saturated rings. The predicted octanol–water partition coefficient (Wildman–Crippen LogP) is 8.93. The summed E-state index contributed by atoms with van der Waals surface area (Å²) < 4.78 is 32.1. The normalized spacial score (nSPS) is 25.1. The van der Waals surface area contributed by atoms with E-state index in [0.29, 0.717) is 29.4 Å². The topological polar surface area (TPSA) is 182 Å². The highest BCUT2D eigenvalue weighted by atomic mass is 16.6. The second-order valence-electron chi connectivity index (χ2n) is 19.8. The summed E-state index contributed by atoms with van der Waals surface area (Å²) in [6.07, 6.45) is 7.57. The molecule has 4 aromatic carbocycles. The largest absolute Gasteiger partial charge is 0.483 e. The van der Waals surface area contributed by atoms with Gasteiger partial charge in [-0.3, -0.25) is 4.79 Å². The first-order valence-corrected chi connectivity index (χ1v) is 24.8. The van der Waals surface area contributed by atoms with Crippen molar-refractivity contribution in [3.63, 3.8) is 0 Å². The molecule has 4 N–H and O–H groups in total. The third kappa shape index (κ3) is 10.0. The van der Waals surface area contributed by atoms with Gasteiger partial charge in [0.15, 0.2) is 12.2 Å². The Kier molecular flexibility index (Phi) is 15.2. The van der Waals surface area contributed by atoms with E-state index < -0.39 is 54.7 Å².